The summed E-state index contributed by atoms with van der Waals surface area (Å²) in [7, 11) is -0.490. The van der Waals surface area contributed by atoms with Crippen LogP contribution in [0.2, 0.25) is 18.1 Å². The fourth-order valence-electron chi connectivity index (χ4n) is 1.67. The first kappa shape index (κ1) is 18.2. The van der Waals surface area contributed by atoms with Crippen LogP contribution in [-0.4, -0.2) is 40.0 Å². The van der Waals surface area contributed by atoms with Gasteiger partial charge < -0.3 is 14.5 Å². The summed E-state index contributed by atoms with van der Waals surface area (Å²) in [5, 5.41) is 2.91. The number of nitrogens with one attached hydrogen (secondary N) is 1. The van der Waals surface area contributed by atoms with Gasteiger partial charge in [-0.3, -0.25) is 4.79 Å². The predicted octanol–water partition coefficient (Wildman–Crippen LogP) is 2.47. The molecule has 0 spiro atoms. The van der Waals surface area contributed by atoms with Gasteiger partial charge in [-0.15, -0.1) is 0 Å². The smallest absolute Gasteiger partial charge is 0.328 e. The summed E-state index contributed by atoms with van der Waals surface area (Å²) < 4.78 is 10.8. The van der Waals surface area contributed by atoms with E-state index in [4.69, 9.17) is 9.16 Å². The van der Waals surface area contributed by atoms with Crippen molar-refractivity contribution >= 4 is 20.2 Å². The monoisotopic (exact) mass is 315 g/mol. The lowest BCUT2D eigenvalue weighted by molar-refractivity contribution is -0.145. The van der Waals surface area contributed by atoms with Crippen LogP contribution in [0, 0.1) is 5.92 Å². The Morgan fingerprint density at radius 2 is 1.86 bits per heavy atom. The quantitative estimate of drug-likeness (QED) is 0.579. The normalized spacial score (nSPS) is 17.2. The minimum atomic E-state index is -1.83. The van der Waals surface area contributed by atoms with E-state index in [1.807, 2.05) is 0 Å². The number of methoxy groups -OCH3 is 1. The molecule has 0 aromatic rings. The third-order valence-corrected chi connectivity index (χ3v) is 8.96. The molecule has 5 nitrogen and oxygen atoms in total. The maximum atomic E-state index is 11.8. The number of hydrogen-bond acceptors (Lipinski definition) is 4. The summed E-state index contributed by atoms with van der Waals surface area (Å²) in [6, 6.07) is -0.604. The lowest BCUT2D eigenvalue weighted by Gasteiger charge is -2.36. The van der Waals surface area contributed by atoms with E-state index in [2.05, 4.69) is 39.2 Å². The predicted molar refractivity (Wildman–Crippen MR) is 84.4 cm³/mol. The van der Waals surface area contributed by atoms with Gasteiger partial charge in [0.25, 0.3) is 0 Å². The van der Waals surface area contributed by atoms with Gasteiger partial charge in [0.2, 0.25) is 5.91 Å². The number of rotatable bonds is 7. The molecule has 1 saturated carbocycles. The largest absolute Gasteiger partial charge is 0.467 e. The maximum absolute atomic E-state index is 11.8. The molecule has 6 heteroatoms. The van der Waals surface area contributed by atoms with Crippen molar-refractivity contribution in [2.45, 2.75) is 64.2 Å². The molecule has 1 aliphatic rings. The van der Waals surface area contributed by atoms with Gasteiger partial charge in [0.1, 0.15) is 6.04 Å². The molecule has 0 aromatic heterocycles. The zero-order chi connectivity index (χ0) is 16.3. The fraction of sp³-hybridized carbons (Fsp3) is 0.867. The molecule has 1 rings (SSSR count). The molecule has 122 valence electrons. The number of carbonyl (C=O) groups excluding carboxylic acids is 2. The lowest BCUT2D eigenvalue weighted by atomic mass is 10.2. The van der Waals surface area contributed by atoms with Crippen molar-refractivity contribution < 1.29 is 18.8 Å². The molecule has 0 bridgehead atoms. The molecule has 1 atom stereocenters. The molecule has 1 aliphatic carbocycles. The van der Waals surface area contributed by atoms with E-state index in [0.717, 1.165) is 12.8 Å². The van der Waals surface area contributed by atoms with Crippen molar-refractivity contribution in [3.05, 3.63) is 0 Å². The van der Waals surface area contributed by atoms with Crippen LogP contribution in [0.4, 0.5) is 0 Å². The minimum absolute atomic E-state index is 0.0438. The van der Waals surface area contributed by atoms with E-state index in [1.54, 1.807) is 0 Å². The Hall–Kier alpha value is -0.883. The molecule has 1 N–H and O–H groups in total. The molecular weight excluding hydrogens is 286 g/mol. The van der Waals surface area contributed by atoms with E-state index in [-0.39, 0.29) is 16.9 Å². The topological polar surface area (TPSA) is 64.6 Å². The van der Waals surface area contributed by atoms with Crippen molar-refractivity contribution in [1.82, 2.24) is 5.32 Å². The lowest BCUT2D eigenvalue weighted by Crippen LogP contribution is -2.45. The molecular formula is C15H29NO4Si. The zero-order valence-electron chi connectivity index (χ0n) is 14.1. The van der Waals surface area contributed by atoms with Gasteiger partial charge in [-0.1, -0.05) is 20.8 Å². The third kappa shape index (κ3) is 5.43. The number of hydrogen-bond donors (Lipinski definition) is 1. The standard InChI is InChI=1S/C15H29NO4Si/c1-15(2,3)21(5,6)20-10-9-12(14(18)19-4)16-13(17)11-7-8-11/h11-12H,7-10H2,1-6H3,(H,16,17)/t12-/m0/s1. The SMILES string of the molecule is COC(=O)[C@H](CCO[Si](C)(C)C(C)(C)C)NC(=O)C1CC1. The zero-order valence-corrected chi connectivity index (χ0v) is 15.1. The van der Waals surface area contributed by atoms with Crippen LogP contribution < -0.4 is 5.32 Å². The van der Waals surface area contributed by atoms with Gasteiger partial charge >= 0.3 is 5.97 Å². The molecule has 21 heavy (non-hydrogen) atoms. The van der Waals surface area contributed by atoms with Gasteiger partial charge in [-0.25, -0.2) is 4.79 Å². The number of carbonyl (C=O) groups is 2. The van der Waals surface area contributed by atoms with E-state index in [1.165, 1.54) is 7.11 Å². The molecule has 0 unspecified atom stereocenters. The highest BCUT2D eigenvalue weighted by Crippen LogP contribution is 2.36. The first-order valence-corrected chi connectivity index (χ1v) is 10.5. The van der Waals surface area contributed by atoms with Gasteiger partial charge in [0, 0.05) is 18.9 Å². The van der Waals surface area contributed by atoms with Gasteiger partial charge in [0.15, 0.2) is 8.32 Å². The summed E-state index contributed by atoms with van der Waals surface area (Å²) in [6.45, 7) is 11.3. The summed E-state index contributed by atoms with van der Waals surface area (Å²) in [5.41, 5.74) is 0. The Balaban J connectivity index is 2.49. The number of esters is 1. The second kappa shape index (κ2) is 6.92. The summed E-state index contributed by atoms with van der Waals surface area (Å²) >= 11 is 0. The van der Waals surface area contributed by atoms with E-state index < -0.39 is 20.3 Å². The molecule has 0 radical (unpaired) electrons. The second-order valence-corrected chi connectivity index (χ2v) is 12.1. The first-order valence-electron chi connectivity index (χ1n) is 7.60. The van der Waals surface area contributed by atoms with Crippen LogP contribution in [0.3, 0.4) is 0 Å². The molecule has 0 saturated heterocycles. The summed E-state index contributed by atoms with van der Waals surface area (Å²) in [6.07, 6.45) is 2.29. The van der Waals surface area contributed by atoms with E-state index in [9.17, 15) is 9.59 Å². The van der Waals surface area contributed by atoms with Crippen molar-refractivity contribution in [1.29, 1.82) is 0 Å². The van der Waals surface area contributed by atoms with E-state index >= 15 is 0 Å². The Bertz CT molecular complexity index is 386. The number of ether oxygens (including phenoxy) is 1. The van der Waals surface area contributed by atoms with Crippen LogP contribution in [0.15, 0.2) is 0 Å². The fourth-order valence-corrected chi connectivity index (χ4v) is 2.74. The Morgan fingerprint density at radius 1 is 1.29 bits per heavy atom. The highest BCUT2D eigenvalue weighted by molar-refractivity contribution is 6.74. The molecule has 0 aliphatic heterocycles. The van der Waals surface area contributed by atoms with Crippen LogP contribution in [-0.2, 0) is 18.8 Å². The van der Waals surface area contributed by atoms with Crippen LogP contribution in [0.5, 0.6) is 0 Å². The van der Waals surface area contributed by atoms with Crippen LogP contribution in [0.25, 0.3) is 0 Å². The number of amides is 1. The minimum Gasteiger partial charge on any atom is -0.467 e. The summed E-state index contributed by atoms with van der Waals surface area (Å²) in [5.74, 6) is -0.362. The van der Waals surface area contributed by atoms with Gasteiger partial charge in [0.05, 0.1) is 7.11 Å². The Kier molecular flexibility index (Phi) is 5.98. The maximum Gasteiger partial charge on any atom is 0.328 e. The molecule has 1 amide bonds. The Morgan fingerprint density at radius 3 is 2.29 bits per heavy atom. The third-order valence-electron chi connectivity index (χ3n) is 4.43. The van der Waals surface area contributed by atoms with E-state index in [0.29, 0.717) is 13.0 Å². The second-order valence-electron chi connectivity index (χ2n) is 7.26. The molecule has 1 fully saturated rings. The van der Waals surface area contributed by atoms with Crippen molar-refractivity contribution in [3.63, 3.8) is 0 Å². The highest BCUT2D eigenvalue weighted by atomic mass is 28.4. The van der Waals surface area contributed by atoms with Gasteiger partial charge in [-0.2, -0.15) is 0 Å². The van der Waals surface area contributed by atoms with Crippen molar-refractivity contribution in [3.8, 4) is 0 Å². The highest BCUT2D eigenvalue weighted by Gasteiger charge is 2.38. The van der Waals surface area contributed by atoms with Crippen LogP contribution >= 0.6 is 0 Å². The molecule has 0 heterocycles. The average Bonchev–Trinajstić information content (AvgIpc) is 3.19. The van der Waals surface area contributed by atoms with Crippen LogP contribution in [0.1, 0.15) is 40.0 Å². The Labute approximate surface area is 128 Å². The van der Waals surface area contributed by atoms with Crippen molar-refractivity contribution in [2.24, 2.45) is 5.92 Å². The average molecular weight is 315 g/mol. The summed E-state index contributed by atoms with van der Waals surface area (Å²) in [4.78, 5) is 23.6. The first-order chi connectivity index (χ1) is 9.58. The van der Waals surface area contributed by atoms with Gasteiger partial charge in [-0.05, 0) is 31.0 Å². The molecule has 0 aromatic carbocycles. The van der Waals surface area contributed by atoms with Crippen molar-refractivity contribution in [2.75, 3.05) is 13.7 Å².